The van der Waals surface area contributed by atoms with Crippen molar-refractivity contribution in [1.82, 2.24) is 0 Å². The summed E-state index contributed by atoms with van der Waals surface area (Å²) in [6.45, 7) is 1.88. The molecule has 0 radical (unpaired) electrons. The van der Waals surface area contributed by atoms with E-state index in [0.717, 1.165) is 9.46 Å². The maximum atomic E-state index is 5.43. The monoisotopic (exact) mass is 216 g/mol. The highest BCUT2D eigenvalue weighted by Crippen LogP contribution is 1.97. The topological polar surface area (TPSA) is 0 Å². The lowest BCUT2D eigenvalue weighted by molar-refractivity contribution is 1.62. The largest absolute Gasteiger partial charge is 0.0898 e. The molecule has 0 aromatic heterocycles. The fraction of sp³-hybridized carbons (Fsp3) is 0.500. The van der Waals surface area contributed by atoms with Crippen molar-refractivity contribution < 1.29 is 0 Å². The molecule has 0 rings (SSSR count). The third-order valence-corrected chi connectivity index (χ3v) is 0.953. The minimum atomic E-state index is 0.879. The Morgan fingerprint density at radius 3 is 2.50 bits per heavy atom. The first-order valence-corrected chi connectivity index (χ1v) is 3.56. The summed E-state index contributed by atoms with van der Waals surface area (Å²) in [5.41, 5.74) is 0. The van der Waals surface area contributed by atoms with Crippen LogP contribution in [0.15, 0.2) is 11.1 Å². The third-order valence-electron chi connectivity index (χ3n) is 0.358. The van der Waals surface area contributed by atoms with Gasteiger partial charge in [-0.25, -0.2) is 0 Å². The average molecular weight is 216 g/mol. The summed E-state index contributed by atoms with van der Waals surface area (Å²) in [6.07, 6.45) is 1.96. The second kappa shape index (κ2) is 3.93. The van der Waals surface area contributed by atoms with Crippen LogP contribution < -0.4 is 0 Å². The zero-order valence-corrected chi connectivity index (χ0v) is 6.45. The van der Waals surface area contributed by atoms with Crippen LogP contribution in [0.1, 0.15) is 6.92 Å². The van der Waals surface area contributed by atoms with E-state index in [1.54, 1.807) is 0 Å². The summed E-state index contributed by atoms with van der Waals surface area (Å²) in [5, 5.41) is 0.879. The fourth-order valence-corrected chi connectivity index (χ4v) is 1.10. The molecule has 0 aromatic carbocycles. The van der Waals surface area contributed by atoms with Crippen LogP contribution in [0.4, 0.5) is 0 Å². The second-order valence-electron chi connectivity index (χ2n) is 0.945. The zero-order chi connectivity index (χ0) is 4.99. The number of rotatable bonds is 1. The summed E-state index contributed by atoms with van der Waals surface area (Å²) in [4.78, 5) is 0. The van der Waals surface area contributed by atoms with Crippen LogP contribution in [0.3, 0.4) is 0 Å². The van der Waals surface area contributed by atoms with Crippen molar-refractivity contribution >= 4 is 34.2 Å². The van der Waals surface area contributed by atoms with Crippen molar-refractivity contribution in [2.45, 2.75) is 6.92 Å². The van der Waals surface area contributed by atoms with E-state index in [-0.39, 0.29) is 0 Å². The van der Waals surface area contributed by atoms with E-state index in [2.05, 4.69) is 22.6 Å². The second-order valence-corrected chi connectivity index (χ2v) is 2.42. The summed E-state index contributed by atoms with van der Waals surface area (Å²) in [6, 6.07) is 0. The molecule has 0 spiro atoms. The highest BCUT2D eigenvalue weighted by atomic mass is 127. The van der Waals surface area contributed by atoms with Crippen LogP contribution >= 0.6 is 34.2 Å². The van der Waals surface area contributed by atoms with Crippen LogP contribution in [0.25, 0.3) is 0 Å². The minimum Gasteiger partial charge on any atom is -0.0898 e. The lowest BCUT2D eigenvalue weighted by Crippen LogP contribution is -1.58. The molecule has 0 saturated heterocycles. The lowest BCUT2D eigenvalue weighted by Gasteiger charge is -1.76. The first-order chi connectivity index (χ1) is 2.77. The quantitative estimate of drug-likeness (QED) is 0.467. The first kappa shape index (κ1) is 6.76. The Balaban J connectivity index is 3.14. The van der Waals surface area contributed by atoms with Crippen LogP contribution in [0, 0.1) is 0 Å². The van der Waals surface area contributed by atoms with Gasteiger partial charge in [0.2, 0.25) is 0 Å². The van der Waals surface area contributed by atoms with Crippen molar-refractivity contribution in [2.24, 2.45) is 0 Å². The van der Waals surface area contributed by atoms with E-state index in [0.29, 0.717) is 0 Å². The number of allylic oxidation sites excluding steroid dienone is 2. The van der Waals surface area contributed by atoms with Gasteiger partial charge in [0.15, 0.2) is 0 Å². The molecular formula is C4H6ClI. The van der Waals surface area contributed by atoms with E-state index < -0.39 is 0 Å². The van der Waals surface area contributed by atoms with E-state index in [9.17, 15) is 0 Å². The van der Waals surface area contributed by atoms with Gasteiger partial charge in [-0.15, -0.1) is 0 Å². The predicted molar refractivity (Wildman–Crippen MR) is 38.5 cm³/mol. The number of hydrogen-bond donors (Lipinski definition) is 0. The van der Waals surface area contributed by atoms with Gasteiger partial charge >= 0.3 is 0 Å². The molecule has 36 valence electrons. The maximum Gasteiger partial charge on any atom is 0.0190 e. The summed E-state index contributed by atoms with van der Waals surface area (Å²) >= 11 is 7.68. The summed E-state index contributed by atoms with van der Waals surface area (Å²) in [7, 11) is 0. The molecule has 6 heavy (non-hydrogen) atoms. The van der Waals surface area contributed by atoms with Gasteiger partial charge in [0.1, 0.15) is 0 Å². The van der Waals surface area contributed by atoms with Gasteiger partial charge in [-0.1, -0.05) is 40.3 Å². The van der Waals surface area contributed by atoms with E-state index in [4.69, 9.17) is 11.6 Å². The number of hydrogen-bond acceptors (Lipinski definition) is 0. The van der Waals surface area contributed by atoms with Gasteiger partial charge in [0.05, 0.1) is 0 Å². The zero-order valence-electron chi connectivity index (χ0n) is 3.54. The molecule has 0 aliphatic carbocycles. The molecule has 0 amide bonds. The Labute approximate surface area is 56.7 Å². The maximum absolute atomic E-state index is 5.43. The minimum absolute atomic E-state index is 0.879. The molecule has 0 atom stereocenters. The smallest absolute Gasteiger partial charge is 0.0190 e. The van der Waals surface area contributed by atoms with Crippen molar-refractivity contribution in [3.8, 4) is 0 Å². The van der Waals surface area contributed by atoms with Crippen LogP contribution in [-0.4, -0.2) is 4.43 Å². The lowest BCUT2D eigenvalue weighted by atomic mass is 10.6. The molecule has 0 unspecified atom stereocenters. The Bertz CT molecular complexity index is 54.6. The van der Waals surface area contributed by atoms with Gasteiger partial charge in [0.25, 0.3) is 0 Å². The summed E-state index contributed by atoms with van der Waals surface area (Å²) in [5.74, 6) is 0. The van der Waals surface area contributed by atoms with Gasteiger partial charge in [-0.2, -0.15) is 0 Å². The third kappa shape index (κ3) is 4.76. The average Bonchev–Trinajstić information content (AvgIpc) is 1.35. The molecule has 0 nitrogen and oxygen atoms in total. The number of halogens is 2. The van der Waals surface area contributed by atoms with Gasteiger partial charge < -0.3 is 0 Å². The fourth-order valence-electron chi connectivity index (χ4n) is 0.106. The Kier molecular flexibility index (Phi) is 4.43. The van der Waals surface area contributed by atoms with Gasteiger partial charge in [-0.05, 0) is 6.92 Å². The highest BCUT2D eigenvalue weighted by Gasteiger charge is 1.71. The van der Waals surface area contributed by atoms with Gasteiger partial charge in [0, 0.05) is 9.46 Å². The molecule has 0 fully saturated rings. The number of alkyl halides is 1. The van der Waals surface area contributed by atoms with Crippen molar-refractivity contribution in [2.75, 3.05) is 4.43 Å². The van der Waals surface area contributed by atoms with E-state index in [1.165, 1.54) is 0 Å². The molecule has 0 aliphatic heterocycles. The molecule has 0 heterocycles. The van der Waals surface area contributed by atoms with Crippen molar-refractivity contribution in [1.29, 1.82) is 0 Å². The standard InChI is InChI=1S/C4H6ClI/c1-4(5)2-3-6/h2H,3H2,1H3. The molecule has 2 heteroatoms. The first-order valence-electron chi connectivity index (χ1n) is 1.65. The van der Waals surface area contributed by atoms with Crippen molar-refractivity contribution in [3.05, 3.63) is 11.1 Å². The van der Waals surface area contributed by atoms with Crippen LogP contribution in [0.2, 0.25) is 0 Å². The van der Waals surface area contributed by atoms with Crippen molar-refractivity contribution in [3.63, 3.8) is 0 Å². The van der Waals surface area contributed by atoms with E-state index >= 15 is 0 Å². The van der Waals surface area contributed by atoms with Crippen LogP contribution in [-0.2, 0) is 0 Å². The SMILES string of the molecule is CC(Cl)=CCI. The molecule has 0 aliphatic rings. The highest BCUT2D eigenvalue weighted by molar-refractivity contribution is 14.1. The Morgan fingerprint density at radius 1 is 2.00 bits per heavy atom. The molecule has 0 N–H and O–H groups in total. The Morgan fingerprint density at radius 2 is 2.50 bits per heavy atom. The van der Waals surface area contributed by atoms with Crippen LogP contribution in [0.5, 0.6) is 0 Å². The predicted octanol–water partition coefficient (Wildman–Crippen LogP) is 2.56. The molecule has 0 bridgehead atoms. The molecular weight excluding hydrogens is 210 g/mol. The Hall–Kier alpha value is 0.760. The normalized spacial score (nSPS) is 12.2. The molecule has 0 aromatic rings. The van der Waals surface area contributed by atoms with E-state index in [1.807, 2.05) is 13.0 Å². The van der Waals surface area contributed by atoms with Gasteiger partial charge in [-0.3, -0.25) is 0 Å². The molecule has 0 saturated carbocycles. The summed E-state index contributed by atoms with van der Waals surface area (Å²) < 4.78 is 1.01.